The molecule has 0 atom stereocenters. The van der Waals surface area contributed by atoms with Gasteiger partial charge in [0.15, 0.2) is 0 Å². The van der Waals surface area contributed by atoms with Gasteiger partial charge in [0.25, 0.3) is 0 Å². The predicted octanol–water partition coefficient (Wildman–Crippen LogP) is 13.6. The largest absolute Gasteiger partial charge is 0.355 e. The summed E-state index contributed by atoms with van der Waals surface area (Å²) in [7, 11) is 0. The molecule has 0 aliphatic carbocycles. The average Bonchev–Trinajstić information content (AvgIpc) is 3.18. The van der Waals surface area contributed by atoms with Crippen molar-refractivity contribution in [3.63, 3.8) is 0 Å². The van der Waals surface area contributed by atoms with Crippen LogP contribution in [0.2, 0.25) is 0 Å². The zero-order valence-corrected chi connectivity index (χ0v) is 27.5. The minimum atomic E-state index is 1.11. The minimum absolute atomic E-state index is 1.11. The Hall–Kier alpha value is -6.12. The number of nitrogens with zero attached hydrogens (tertiary/aromatic N) is 1. The molecule has 2 heteroatoms. The summed E-state index contributed by atoms with van der Waals surface area (Å²) in [5, 5.41) is 8.44. The fraction of sp³-hybridized carbons (Fsp3) is 0.0435. The van der Waals surface area contributed by atoms with Gasteiger partial charge < -0.3 is 10.2 Å². The minimum Gasteiger partial charge on any atom is -0.355 e. The van der Waals surface area contributed by atoms with Crippen molar-refractivity contribution in [1.82, 2.24) is 0 Å². The summed E-state index contributed by atoms with van der Waals surface area (Å²) < 4.78 is 0. The molecule has 0 spiro atoms. The van der Waals surface area contributed by atoms with Gasteiger partial charge in [-0.1, -0.05) is 166 Å². The van der Waals surface area contributed by atoms with Crippen molar-refractivity contribution in [2.45, 2.75) is 13.8 Å². The standard InChI is InChI=1S/C28H21N.C16H13N.C2H6/c1-3-10-22(11-4-1)23-18-20-26(21-19-23)29(25-14-5-2-6-15-25)28-17-9-13-24-12-7-8-16-27(24)28;1-2-9-14(10-3-1)17-16-12-6-8-13-7-4-5-11-15(13)16;1-2/h1-21H;1-12,17H;1-2H3. The number of anilines is 5. The first-order valence-corrected chi connectivity index (χ1v) is 16.6. The molecule has 0 aliphatic heterocycles. The molecule has 0 saturated carbocycles. The summed E-state index contributed by atoms with van der Waals surface area (Å²) in [5.74, 6) is 0. The Balaban J connectivity index is 0.000000180. The molecule has 0 saturated heterocycles. The normalized spacial score (nSPS) is 10.3. The Kier molecular flexibility index (Phi) is 10.6. The first kappa shape index (κ1) is 31.8. The van der Waals surface area contributed by atoms with Gasteiger partial charge in [-0.3, -0.25) is 0 Å². The van der Waals surface area contributed by atoms with Crippen LogP contribution in [0.25, 0.3) is 32.7 Å². The lowest BCUT2D eigenvalue weighted by Crippen LogP contribution is -2.10. The molecule has 1 N–H and O–H groups in total. The number of para-hydroxylation sites is 2. The highest BCUT2D eigenvalue weighted by molar-refractivity contribution is 5.99. The van der Waals surface area contributed by atoms with Crippen molar-refractivity contribution in [3.8, 4) is 11.1 Å². The van der Waals surface area contributed by atoms with E-state index in [1.807, 2.05) is 32.0 Å². The molecule has 0 amide bonds. The third-order valence-corrected chi connectivity index (χ3v) is 8.10. The Morgan fingerprint density at radius 3 is 1.48 bits per heavy atom. The number of fused-ring (bicyclic) bond motifs is 2. The highest BCUT2D eigenvalue weighted by atomic mass is 15.1. The van der Waals surface area contributed by atoms with Crippen LogP contribution in [-0.2, 0) is 0 Å². The number of benzene rings is 8. The Labute approximate surface area is 284 Å². The third kappa shape index (κ3) is 7.46. The van der Waals surface area contributed by atoms with Crippen molar-refractivity contribution < 1.29 is 0 Å². The Bertz CT molecular complexity index is 2150. The molecule has 8 aromatic carbocycles. The molecule has 8 aromatic rings. The van der Waals surface area contributed by atoms with Gasteiger partial charge in [0.05, 0.1) is 5.69 Å². The number of rotatable bonds is 6. The highest BCUT2D eigenvalue weighted by Crippen LogP contribution is 2.39. The van der Waals surface area contributed by atoms with Crippen molar-refractivity contribution in [3.05, 3.63) is 200 Å². The summed E-state index contributed by atoms with van der Waals surface area (Å²) in [6.07, 6.45) is 0. The van der Waals surface area contributed by atoms with Crippen molar-refractivity contribution in [2.75, 3.05) is 10.2 Å². The zero-order valence-electron chi connectivity index (χ0n) is 27.5. The molecule has 0 radical (unpaired) electrons. The molecule has 8 rings (SSSR count). The molecule has 0 heterocycles. The number of hydrogen-bond acceptors (Lipinski definition) is 2. The molecule has 0 fully saturated rings. The van der Waals surface area contributed by atoms with Gasteiger partial charge >= 0.3 is 0 Å². The first-order chi connectivity index (χ1) is 23.8. The first-order valence-electron chi connectivity index (χ1n) is 16.6. The fourth-order valence-corrected chi connectivity index (χ4v) is 5.85. The summed E-state index contributed by atoms with van der Waals surface area (Å²) in [5.41, 5.74) is 8.19. The monoisotopic (exact) mass is 620 g/mol. The summed E-state index contributed by atoms with van der Waals surface area (Å²) >= 11 is 0. The third-order valence-electron chi connectivity index (χ3n) is 8.10. The van der Waals surface area contributed by atoms with Crippen LogP contribution in [0.1, 0.15) is 13.8 Å². The second kappa shape index (κ2) is 15.9. The van der Waals surface area contributed by atoms with E-state index in [0.29, 0.717) is 0 Å². The van der Waals surface area contributed by atoms with Crippen LogP contribution in [0.15, 0.2) is 200 Å². The van der Waals surface area contributed by atoms with Crippen molar-refractivity contribution >= 4 is 50.0 Å². The van der Waals surface area contributed by atoms with Crippen LogP contribution in [-0.4, -0.2) is 0 Å². The molecular formula is C46H40N2. The van der Waals surface area contributed by atoms with Gasteiger partial charge in [-0.15, -0.1) is 0 Å². The van der Waals surface area contributed by atoms with Crippen LogP contribution in [0.4, 0.5) is 28.4 Å². The van der Waals surface area contributed by atoms with E-state index in [1.165, 1.54) is 38.4 Å². The average molecular weight is 621 g/mol. The van der Waals surface area contributed by atoms with E-state index < -0.39 is 0 Å². The molecule has 234 valence electrons. The number of nitrogens with one attached hydrogen (secondary N) is 1. The van der Waals surface area contributed by atoms with Crippen molar-refractivity contribution in [2.24, 2.45) is 0 Å². The summed E-state index contributed by atoms with van der Waals surface area (Å²) in [6.45, 7) is 4.00. The maximum atomic E-state index is 3.45. The van der Waals surface area contributed by atoms with Crippen LogP contribution in [0.3, 0.4) is 0 Å². The van der Waals surface area contributed by atoms with Gasteiger partial charge in [0.2, 0.25) is 0 Å². The topological polar surface area (TPSA) is 15.3 Å². The maximum Gasteiger partial charge on any atom is 0.0540 e. The Morgan fingerprint density at radius 1 is 0.354 bits per heavy atom. The molecule has 2 nitrogen and oxygen atoms in total. The molecule has 0 bridgehead atoms. The fourth-order valence-electron chi connectivity index (χ4n) is 5.85. The van der Waals surface area contributed by atoms with E-state index in [2.05, 4.69) is 192 Å². The molecule has 0 unspecified atom stereocenters. The second-order valence-corrected chi connectivity index (χ2v) is 11.1. The van der Waals surface area contributed by atoms with E-state index in [9.17, 15) is 0 Å². The highest BCUT2D eigenvalue weighted by Gasteiger charge is 2.15. The van der Waals surface area contributed by atoms with E-state index >= 15 is 0 Å². The number of hydrogen-bond donors (Lipinski definition) is 1. The lowest BCUT2D eigenvalue weighted by molar-refractivity contribution is 1.30. The summed E-state index contributed by atoms with van der Waals surface area (Å²) in [4.78, 5) is 2.33. The van der Waals surface area contributed by atoms with E-state index in [0.717, 1.165) is 22.7 Å². The SMILES string of the molecule is CC.c1ccc(-c2ccc(N(c3ccccc3)c3cccc4ccccc34)cc2)cc1.c1ccc(Nc2cccc3ccccc23)cc1. The molecule has 48 heavy (non-hydrogen) atoms. The van der Waals surface area contributed by atoms with Gasteiger partial charge in [-0.2, -0.15) is 0 Å². The van der Waals surface area contributed by atoms with Gasteiger partial charge in [-0.05, 0) is 70.4 Å². The quantitative estimate of drug-likeness (QED) is 0.199. The van der Waals surface area contributed by atoms with E-state index in [4.69, 9.17) is 0 Å². The molecule has 0 aromatic heterocycles. The van der Waals surface area contributed by atoms with Crippen LogP contribution < -0.4 is 10.2 Å². The molecule has 0 aliphatic rings. The van der Waals surface area contributed by atoms with E-state index in [-0.39, 0.29) is 0 Å². The van der Waals surface area contributed by atoms with E-state index in [1.54, 1.807) is 0 Å². The maximum absolute atomic E-state index is 3.45. The van der Waals surface area contributed by atoms with Crippen LogP contribution >= 0.6 is 0 Å². The lowest BCUT2D eigenvalue weighted by atomic mass is 10.0. The van der Waals surface area contributed by atoms with Gasteiger partial charge in [0.1, 0.15) is 0 Å². The van der Waals surface area contributed by atoms with Gasteiger partial charge in [0, 0.05) is 33.5 Å². The summed E-state index contributed by atoms with van der Waals surface area (Å²) in [6, 6.07) is 69.9. The smallest absolute Gasteiger partial charge is 0.0540 e. The molecular weight excluding hydrogens is 581 g/mol. The second-order valence-electron chi connectivity index (χ2n) is 11.1. The van der Waals surface area contributed by atoms with Crippen molar-refractivity contribution in [1.29, 1.82) is 0 Å². The zero-order chi connectivity index (χ0) is 33.0. The lowest BCUT2D eigenvalue weighted by Gasteiger charge is -2.27. The Morgan fingerprint density at radius 2 is 0.812 bits per heavy atom. The van der Waals surface area contributed by atoms with Crippen LogP contribution in [0.5, 0.6) is 0 Å². The van der Waals surface area contributed by atoms with Gasteiger partial charge in [-0.25, -0.2) is 0 Å². The predicted molar refractivity (Wildman–Crippen MR) is 209 cm³/mol. The van der Waals surface area contributed by atoms with Crippen LogP contribution in [0, 0.1) is 0 Å².